The third-order valence-corrected chi connectivity index (χ3v) is 6.92. The van der Waals surface area contributed by atoms with Gasteiger partial charge in [0, 0.05) is 38.4 Å². The van der Waals surface area contributed by atoms with Crippen LogP contribution in [-0.4, -0.2) is 64.7 Å². The van der Waals surface area contributed by atoms with Crippen molar-refractivity contribution in [3.8, 4) is 0 Å². The monoisotopic (exact) mass is 429 g/mol. The zero-order valence-electron chi connectivity index (χ0n) is 19.3. The van der Waals surface area contributed by atoms with E-state index in [-0.39, 0.29) is 12.1 Å². The van der Waals surface area contributed by atoms with Gasteiger partial charge in [0.1, 0.15) is 5.60 Å². The summed E-state index contributed by atoms with van der Waals surface area (Å²) in [6.07, 6.45) is 6.92. The van der Waals surface area contributed by atoms with Gasteiger partial charge in [-0.2, -0.15) is 0 Å². The molecule has 1 spiro atoms. The van der Waals surface area contributed by atoms with Gasteiger partial charge in [0.05, 0.1) is 17.9 Å². The number of rotatable bonds is 3. The largest absolute Gasteiger partial charge is 0.462 e. The first-order valence-electron chi connectivity index (χ1n) is 11.5. The van der Waals surface area contributed by atoms with Crippen LogP contribution in [0, 0.1) is 5.41 Å². The maximum Gasteiger partial charge on any atom is 0.410 e. The molecule has 0 N–H and O–H groups in total. The van der Waals surface area contributed by atoms with Crippen LogP contribution in [0.25, 0.3) is 0 Å². The van der Waals surface area contributed by atoms with Crippen LogP contribution in [-0.2, 0) is 22.4 Å². The highest BCUT2D eigenvalue weighted by Crippen LogP contribution is 2.51. The first-order chi connectivity index (χ1) is 14.7. The number of hydrogen-bond donors (Lipinski definition) is 0. The van der Waals surface area contributed by atoms with E-state index < -0.39 is 5.60 Å². The van der Waals surface area contributed by atoms with Gasteiger partial charge in [-0.3, -0.25) is 9.88 Å². The number of pyridine rings is 1. The lowest BCUT2D eigenvalue weighted by atomic mass is 9.60. The zero-order chi connectivity index (χ0) is 22.2. The van der Waals surface area contributed by atoms with Crippen LogP contribution < -0.4 is 0 Å². The van der Waals surface area contributed by atoms with Crippen molar-refractivity contribution in [1.82, 2.24) is 14.8 Å². The van der Waals surface area contributed by atoms with E-state index in [2.05, 4.69) is 9.88 Å². The molecule has 3 aliphatic rings. The summed E-state index contributed by atoms with van der Waals surface area (Å²) < 4.78 is 10.6. The number of hydrogen-bond acceptors (Lipinski definition) is 6. The molecule has 3 heterocycles. The second kappa shape index (κ2) is 8.41. The van der Waals surface area contributed by atoms with Gasteiger partial charge in [0.25, 0.3) is 0 Å². The summed E-state index contributed by atoms with van der Waals surface area (Å²) in [5, 5.41) is 0. The molecule has 7 heteroatoms. The van der Waals surface area contributed by atoms with Gasteiger partial charge >= 0.3 is 12.1 Å². The van der Waals surface area contributed by atoms with Crippen molar-refractivity contribution in [3.05, 3.63) is 29.1 Å². The first-order valence-corrected chi connectivity index (χ1v) is 11.5. The average Bonchev–Trinajstić information content (AvgIpc) is 2.70. The van der Waals surface area contributed by atoms with Crippen LogP contribution in [0.2, 0.25) is 0 Å². The highest BCUT2D eigenvalue weighted by Gasteiger charge is 2.48. The molecule has 7 nitrogen and oxygen atoms in total. The zero-order valence-corrected chi connectivity index (χ0v) is 19.3. The molecule has 4 rings (SSSR count). The number of piperidine rings is 1. The fourth-order valence-electron chi connectivity index (χ4n) is 5.17. The number of ether oxygens (including phenoxy) is 2. The van der Waals surface area contributed by atoms with E-state index >= 15 is 0 Å². The summed E-state index contributed by atoms with van der Waals surface area (Å²) in [7, 11) is 0. The highest BCUT2D eigenvalue weighted by atomic mass is 16.6. The highest BCUT2D eigenvalue weighted by molar-refractivity contribution is 5.89. The lowest BCUT2D eigenvalue weighted by molar-refractivity contribution is -0.0518. The number of likely N-dealkylation sites (tertiary alicyclic amines) is 1. The van der Waals surface area contributed by atoms with Crippen LogP contribution in [0.15, 0.2) is 12.3 Å². The van der Waals surface area contributed by atoms with Crippen molar-refractivity contribution in [2.75, 3.05) is 26.2 Å². The van der Waals surface area contributed by atoms with Crippen molar-refractivity contribution in [3.63, 3.8) is 0 Å². The van der Waals surface area contributed by atoms with E-state index in [9.17, 15) is 9.59 Å². The molecular weight excluding hydrogens is 394 g/mol. The number of amides is 1. The molecule has 0 unspecified atom stereocenters. The van der Waals surface area contributed by atoms with Gasteiger partial charge in [-0.05, 0) is 76.8 Å². The molecule has 0 atom stereocenters. The standard InChI is InChI=1S/C24H35N3O4/c1-5-30-21(28)18-12-17-6-9-27(16-20(17)25-15-18)19-13-24(14-19)7-10-26(11-8-24)22(29)31-23(2,3)4/h12,15,19H,5-11,13-14,16H2,1-4H3. The third kappa shape index (κ3) is 4.86. The van der Waals surface area contributed by atoms with Gasteiger partial charge in [0.2, 0.25) is 0 Å². The molecule has 2 fully saturated rings. The molecule has 1 aromatic heterocycles. The number of aromatic nitrogens is 1. The summed E-state index contributed by atoms with van der Waals surface area (Å²) in [6, 6.07) is 2.54. The number of carbonyl (C=O) groups excluding carboxylic acids is 2. The molecule has 0 aromatic carbocycles. The van der Waals surface area contributed by atoms with Gasteiger partial charge in [-0.1, -0.05) is 0 Å². The van der Waals surface area contributed by atoms with Crippen molar-refractivity contribution < 1.29 is 19.1 Å². The Morgan fingerprint density at radius 2 is 1.90 bits per heavy atom. The third-order valence-electron chi connectivity index (χ3n) is 6.92. The molecule has 1 saturated heterocycles. The normalized spacial score (nSPS) is 21.4. The Balaban J connectivity index is 1.28. The SMILES string of the molecule is CCOC(=O)c1cnc2c(c1)CCN(C1CC3(CCN(C(=O)OC(C)(C)C)CC3)C1)C2. The van der Waals surface area contributed by atoms with Gasteiger partial charge in [0.15, 0.2) is 0 Å². The van der Waals surface area contributed by atoms with Crippen LogP contribution in [0.5, 0.6) is 0 Å². The minimum absolute atomic E-state index is 0.181. The second-order valence-corrected chi connectivity index (χ2v) is 10.3. The van der Waals surface area contributed by atoms with Crippen molar-refractivity contribution in [2.45, 2.75) is 78.0 Å². The van der Waals surface area contributed by atoms with E-state index in [1.165, 1.54) is 18.4 Å². The van der Waals surface area contributed by atoms with Crippen molar-refractivity contribution in [1.29, 1.82) is 0 Å². The number of nitrogens with zero attached hydrogens (tertiary/aromatic N) is 3. The van der Waals surface area contributed by atoms with E-state index in [0.29, 0.717) is 23.6 Å². The summed E-state index contributed by atoms with van der Waals surface area (Å²) in [5.74, 6) is -0.293. The predicted molar refractivity (Wildman–Crippen MR) is 117 cm³/mol. The number of fused-ring (bicyclic) bond motifs is 1. The van der Waals surface area contributed by atoms with E-state index in [4.69, 9.17) is 9.47 Å². The molecule has 170 valence electrons. The van der Waals surface area contributed by atoms with Crippen molar-refractivity contribution in [2.24, 2.45) is 5.41 Å². The van der Waals surface area contributed by atoms with Gasteiger partial charge in [-0.15, -0.1) is 0 Å². The van der Waals surface area contributed by atoms with Gasteiger partial charge < -0.3 is 14.4 Å². The Kier molecular flexibility index (Phi) is 5.99. The predicted octanol–water partition coefficient (Wildman–Crippen LogP) is 3.80. The van der Waals surface area contributed by atoms with Crippen LogP contribution in [0.1, 0.15) is 75.0 Å². The summed E-state index contributed by atoms with van der Waals surface area (Å²) in [4.78, 5) is 33.3. The van der Waals surface area contributed by atoms with Crippen LogP contribution >= 0.6 is 0 Å². The lowest BCUT2D eigenvalue weighted by Gasteiger charge is -2.55. The topological polar surface area (TPSA) is 72.0 Å². The summed E-state index contributed by atoms with van der Waals surface area (Å²) in [5.41, 5.74) is 2.74. The van der Waals surface area contributed by atoms with Crippen LogP contribution in [0.3, 0.4) is 0 Å². The molecule has 1 saturated carbocycles. The molecule has 0 radical (unpaired) electrons. The molecule has 1 amide bonds. The molecule has 0 bridgehead atoms. The Labute approximate surface area is 185 Å². The molecular formula is C24H35N3O4. The van der Waals surface area contributed by atoms with Crippen LogP contribution in [0.4, 0.5) is 4.79 Å². The molecule has 31 heavy (non-hydrogen) atoms. The Bertz CT molecular complexity index is 832. The molecule has 1 aliphatic carbocycles. The second-order valence-electron chi connectivity index (χ2n) is 10.3. The van der Waals surface area contributed by atoms with Crippen molar-refractivity contribution >= 4 is 12.1 Å². The molecule has 2 aliphatic heterocycles. The number of esters is 1. The fourth-order valence-corrected chi connectivity index (χ4v) is 5.17. The van der Waals surface area contributed by atoms with E-state index in [0.717, 1.165) is 51.1 Å². The Morgan fingerprint density at radius 3 is 2.55 bits per heavy atom. The maximum absolute atomic E-state index is 12.3. The quantitative estimate of drug-likeness (QED) is 0.681. The fraction of sp³-hybridized carbons (Fsp3) is 0.708. The van der Waals surface area contributed by atoms with E-state index in [1.807, 2.05) is 38.7 Å². The first kappa shape index (κ1) is 22.1. The minimum atomic E-state index is -0.441. The average molecular weight is 430 g/mol. The summed E-state index contributed by atoms with van der Waals surface area (Å²) >= 11 is 0. The lowest BCUT2D eigenvalue weighted by Crippen LogP contribution is -2.56. The minimum Gasteiger partial charge on any atom is -0.462 e. The molecule has 1 aromatic rings. The Morgan fingerprint density at radius 1 is 1.19 bits per heavy atom. The van der Waals surface area contributed by atoms with Gasteiger partial charge in [-0.25, -0.2) is 9.59 Å². The number of carbonyl (C=O) groups is 2. The van der Waals surface area contributed by atoms with E-state index in [1.54, 1.807) is 6.20 Å². The summed E-state index contributed by atoms with van der Waals surface area (Å²) in [6.45, 7) is 11.4. The maximum atomic E-state index is 12.3. The smallest absolute Gasteiger partial charge is 0.410 e. The Hall–Kier alpha value is -2.15.